The minimum atomic E-state index is 0.460. The van der Waals surface area contributed by atoms with E-state index in [1.54, 1.807) is 0 Å². The fourth-order valence-corrected chi connectivity index (χ4v) is 2.81. The number of unbranched alkanes of at least 4 members (excludes halogenated alkanes) is 1. The van der Waals surface area contributed by atoms with Gasteiger partial charge >= 0.3 is 0 Å². The summed E-state index contributed by atoms with van der Waals surface area (Å²) in [6.45, 7) is 4.01. The molecule has 1 fully saturated rings. The van der Waals surface area contributed by atoms with Crippen LogP contribution in [-0.4, -0.2) is 46.2 Å². The van der Waals surface area contributed by atoms with Gasteiger partial charge in [0.1, 0.15) is 17.7 Å². The third-order valence-electron chi connectivity index (χ3n) is 4.16. The Bertz CT molecular complexity index is 593. The Kier molecular flexibility index (Phi) is 5.18. The molecular formula is C15H24N6O. The highest BCUT2D eigenvalue weighted by Crippen LogP contribution is 2.15. The van der Waals surface area contributed by atoms with Gasteiger partial charge in [0.2, 0.25) is 0 Å². The summed E-state index contributed by atoms with van der Waals surface area (Å²) in [7, 11) is 0. The number of nitrogen functional groups attached to an aromatic ring is 1. The van der Waals surface area contributed by atoms with Crippen molar-refractivity contribution < 1.29 is 4.74 Å². The third kappa shape index (κ3) is 3.92. The smallest absolute Gasteiger partial charge is 0.183 e. The minimum absolute atomic E-state index is 0.460. The van der Waals surface area contributed by atoms with Crippen molar-refractivity contribution in [1.29, 1.82) is 0 Å². The lowest BCUT2D eigenvalue weighted by Crippen LogP contribution is -2.28. The zero-order valence-corrected chi connectivity index (χ0v) is 12.8. The minimum Gasteiger partial charge on any atom is -0.382 e. The second-order valence-corrected chi connectivity index (χ2v) is 5.86. The number of aromatic amines is 1. The van der Waals surface area contributed by atoms with Gasteiger partial charge in [-0.1, -0.05) is 0 Å². The lowest BCUT2D eigenvalue weighted by Gasteiger charge is -2.22. The van der Waals surface area contributed by atoms with E-state index in [0.717, 1.165) is 62.8 Å². The molecule has 0 radical (unpaired) electrons. The highest BCUT2D eigenvalue weighted by Gasteiger charge is 2.12. The molecule has 0 bridgehead atoms. The van der Waals surface area contributed by atoms with Crippen molar-refractivity contribution in [2.24, 2.45) is 5.92 Å². The number of hydrogen-bond donors (Lipinski definition) is 3. The molecule has 0 spiro atoms. The van der Waals surface area contributed by atoms with Crippen LogP contribution in [0.2, 0.25) is 0 Å². The monoisotopic (exact) mass is 304 g/mol. The van der Waals surface area contributed by atoms with Gasteiger partial charge in [0.25, 0.3) is 0 Å². The number of rotatable bonds is 7. The Morgan fingerprint density at radius 3 is 2.95 bits per heavy atom. The maximum atomic E-state index is 5.79. The van der Waals surface area contributed by atoms with E-state index in [9.17, 15) is 0 Å². The number of hydrogen-bond acceptors (Lipinski definition) is 6. The second kappa shape index (κ2) is 7.51. The zero-order valence-electron chi connectivity index (χ0n) is 12.8. The summed E-state index contributed by atoms with van der Waals surface area (Å²) in [4.78, 5) is 15.7. The number of nitrogens with one attached hydrogen (secondary N) is 2. The maximum absolute atomic E-state index is 5.79. The van der Waals surface area contributed by atoms with Crippen LogP contribution in [0.25, 0.3) is 11.2 Å². The number of fused-ring (bicyclic) bond motifs is 1. The van der Waals surface area contributed by atoms with Crippen LogP contribution in [0.5, 0.6) is 0 Å². The van der Waals surface area contributed by atoms with Crippen LogP contribution < -0.4 is 11.1 Å². The quantitative estimate of drug-likeness (QED) is 0.666. The van der Waals surface area contributed by atoms with Gasteiger partial charge in [-0.25, -0.2) is 15.0 Å². The molecule has 0 saturated carbocycles. The van der Waals surface area contributed by atoms with Crippen molar-refractivity contribution in [2.45, 2.75) is 32.1 Å². The first-order valence-electron chi connectivity index (χ1n) is 8.06. The summed E-state index contributed by atoms with van der Waals surface area (Å²) in [5, 5.41) is 3.55. The van der Waals surface area contributed by atoms with E-state index in [-0.39, 0.29) is 0 Å². The average molecular weight is 304 g/mol. The Morgan fingerprint density at radius 1 is 1.27 bits per heavy atom. The molecule has 0 aliphatic carbocycles. The van der Waals surface area contributed by atoms with Crippen molar-refractivity contribution in [1.82, 2.24) is 25.3 Å². The van der Waals surface area contributed by atoms with E-state index < -0.39 is 0 Å². The summed E-state index contributed by atoms with van der Waals surface area (Å²) < 4.78 is 5.37. The molecule has 1 aliphatic heterocycles. The summed E-state index contributed by atoms with van der Waals surface area (Å²) in [5.41, 5.74) is 7.19. The van der Waals surface area contributed by atoms with Crippen LogP contribution in [0.1, 0.15) is 31.5 Å². The fraction of sp³-hybridized carbons (Fsp3) is 0.667. The first kappa shape index (κ1) is 15.2. The van der Waals surface area contributed by atoms with Gasteiger partial charge in [-0.15, -0.1) is 0 Å². The van der Waals surface area contributed by atoms with Crippen LogP contribution in [-0.2, 0) is 11.2 Å². The molecule has 3 rings (SSSR count). The molecule has 0 atom stereocenters. The molecule has 7 heteroatoms. The normalized spacial score (nSPS) is 16.4. The first-order valence-corrected chi connectivity index (χ1v) is 8.06. The molecule has 2 aromatic rings. The fourth-order valence-electron chi connectivity index (χ4n) is 2.81. The standard InChI is InChI=1S/C15H24N6O/c16-14-13-15(19-10-18-14)21-12(20-13)3-1-2-6-17-9-11-4-7-22-8-5-11/h10-11,17H,1-9H2,(H3,16,18,19,20,21). The van der Waals surface area contributed by atoms with Crippen LogP contribution in [0, 0.1) is 5.92 Å². The number of nitrogens with two attached hydrogens (primary N) is 1. The molecule has 22 heavy (non-hydrogen) atoms. The Morgan fingerprint density at radius 2 is 2.14 bits per heavy atom. The van der Waals surface area contributed by atoms with Gasteiger partial charge in [-0.05, 0) is 44.7 Å². The van der Waals surface area contributed by atoms with Crippen molar-refractivity contribution in [3.8, 4) is 0 Å². The van der Waals surface area contributed by atoms with Gasteiger partial charge < -0.3 is 20.8 Å². The molecule has 0 aromatic carbocycles. The van der Waals surface area contributed by atoms with E-state index in [1.807, 2.05) is 0 Å². The predicted octanol–water partition coefficient (Wildman–Crippen LogP) is 1.27. The number of imidazole rings is 1. The average Bonchev–Trinajstić information content (AvgIpc) is 2.96. The summed E-state index contributed by atoms with van der Waals surface area (Å²) >= 11 is 0. The molecule has 3 heterocycles. The number of anilines is 1. The first-order chi connectivity index (χ1) is 10.8. The Hall–Kier alpha value is -1.73. The number of nitrogens with zero attached hydrogens (tertiary/aromatic N) is 3. The summed E-state index contributed by atoms with van der Waals surface area (Å²) in [5.74, 6) is 2.18. The number of aromatic nitrogens is 4. The lowest BCUT2D eigenvalue weighted by atomic mass is 10.0. The van der Waals surface area contributed by atoms with Crippen molar-refractivity contribution >= 4 is 17.0 Å². The molecule has 0 amide bonds. The highest BCUT2D eigenvalue weighted by atomic mass is 16.5. The topological polar surface area (TPSA) is 102 Å². The zero-order chi connectivity index (χ0) is 15.2. The van der Waals surface area contributed by atoms with Gasteiger partial charge in [0.15, 0.2) is 11.5 Å². The number of aryl methyl sites for hydroxylation is 1. The second-order valence-electron chi connectivity index (χ2n) is 5.86. The van der Waals surface area contributed by atoms with E-state index >= 15 is 0 Å². The van der Waals surface area contributed by atoms with E-state index in [2.05, 4.69) is 25.3 Å². The lowest BCUT2D eigenvalue weighted by molar-refractivity contribution is 0.0663. The van der Waals surface area contributed by atoms with Crippen LogP contribution in [0.3, 0.4) is 0 Å². The molecular weight excluding hydrogens is 280 g/mol. The van der Waals surface area contributed by atoms with Crippen LogP contribution in [0.4, 0.5) is 5.82 Å². The molecule has 4 N–H and O–H groups in total. The number of ether oxygens (including phenoxy) is 1. The molecule has 2 aromatic heterocycles. The van der Waals surface area contributed by atoms with Gasteiger partial charge in [-0.3, -0.25) is 0 Å². The van der Waals surface area contributed by atoms with E-state index in [0.29, 0.717) is 11.5 Å². The number of H-pyrrole nitrogens is 1. The molecule has 1 aliphatic rings. The summed E-state index contributed by atoms with van der Waals surface area (Å²) in [6, 6.07) is 0. The van der Waals surface area contributed by atoms with Crippen molar-refractivity contribution in [3.63, 3.8) is 0 Å². The third-order valence-corrected chi connectivity index (χ3v) is 4.16. The largest absolute Gasteiger partial charge is 0.382 e. The van der Waals surface area contributed by atoms with Gasteiger partial charge in [0, 0.05) is 19.6 Å². The molecule has 0 unspecified atom stereocenters. The molecule has 7 nitrogen and oxygen atoms in total. The molecule has 120 valence electrons. The van der Waals surface area contributed by atoms with E-state index in [1.165, 1.54) is 19.2 Å². The Labute approximate surface area is 130 Å². The van der Waals surface area contributed by atoms with Crippen molar-refractivity contribution in [3.05, 3.63) is 12.2 Å². The highest BCUT2D eigenvalue weighted by molar-refractivity contribution is 5.80. The van der Waals surface area contributed by atoms with Crippen molar-refractivity contribution in [2.75, 3.05) is 32.0 Å². The Balaban J connectivity index is 1.34. The maximum Gasteiger partial charge on any atom is 0.183 e. The SMILES string of the molecule is Nc1ncnc2nc(CCCCNCC3CCOCC3)[nH]c12. The van der Waals surface area contributed by atoms with Gasteiger partial charge in [0.05, 0.1) is 0 Å². The van der Waals surface area contributed by atoms with Crippen LogP contribution >= 0.6 is 0 Å². The summed E-state index contributed by atoms with van der Waals surface area (Å²) in [6.07, 6.45) is 6.97. The van der Waals surface area contributed by atoms with Crippen LogP contribution in [0.15, 0.2) is 6.33 Å². The van der Waals surface area contributed by atoms with E-state index in [4.69, 9.17) is 10.5 Å². The van der Waals surface area contributed by atoms with Gasteiger partial charge in [-0.2, -0.15) is 0 Å². The predicted molar refractivity (Wildman–Crippen MR) is 85.4 cm³/mol. The molecule has 1 saturated heterocycles.